The van der Waals surface area contributed by atoms with Gasteiger partial charge in [0.1, 0.15) is 23.4 Å². The van der Waals surface area contributed by atoms with Crippen LogP contribution in [-0.2, 0) is 37.4 Å². The number of amides is 2. The Bertz CT molecular complexity index is 1730. The zero-order valence-electron chi connectivity index (χ0n) is 25.9. The van der Waals surface area contributed by atoms with E-state index >= 15 is 0 Å². The van der Waals surface area contributed by atoms with E-state index in [2.05, 4.69) is 5.32 Å². The van der Waals surface area contributed by atoms with Gasteiger partial charge >= 0.3 is 0 Å². The van der Waals surface area contributed by atoms with Gasteiger partial charge in [0.05, 0.1) is 25.2 Å². The van der Waals surface area contributed by atoms with Crippen molar-refractivity contribution in [3.8, 4) is 11.5 Å². The number of nitrogens with zero attached hydrogens (tertiary/aromatic N) is 2. The van der Waals surface area contributed by atoms with E-state index in [-0.39, 0.29) is 36.8 Å². The van der Waals surface area contributed by atoms with E-state index in [9.17, 15) is 22.4 Å². The number of methoxy groups -OCH3 is 1. The zero-order chi connectivity index (χ0) is 33.2. The lowest BCUT2D eigenvalue weighted by Gasteiger charge is -2.31. The molecular formula is C35H36FN3O7S. The fraction of sp³-hybridized carbons (Fsp3) is 0.257. The minimum atomic E-state index is -3.70. The largest absolute Gasteiger partial charge is 0.497 e. The highest BCUT2D eigenvalue weighted by atomic mass is 32.2. The SMILES string of the molecule is COc1ccc(CNC(=O)[C@H](c2ccccc2)N(Cc2ccc(F)cc2)C(=O)COc2ccc(S(=O)(=O)N3CCOCC3)cc2)cc1. The second-order valence-electron chi connectivity index (χ2n) is 10.8. The molecule has 0 radical (unpaired) electrons. The number of ether oxygens (including phenoxy) is 3. The standard InChI is InChI=1S/C35H36FN3O7S/c1-44-30-13-9-26(10-14-30)23-37-35(41)34(28-5-3-2-4-6-28)39(24-27-7-11-29(36)12-8-27)33(40)25-46-31-15-17-32(18-16-31)47(42,43)38-19-21-45-22-20-38/h2-18,34H,19-25H2,1H3,(H,37,41)/t34-/m0/s1. The first kappa shape index (κ1) is 33.6. The van der Waals surface area contributed by atoms with Gasteiger partial charge in [-0.25, -0.2) is 12.8 Å². The molecule has 0 spiro atoms. The van der Waals surface area contributed by atoms with Gasteiger partial charge in [-0.1, -0.05) is 54.6 Å². The first-order valence-electron chi connectivity index (χ1n) is 15.0. The number of morpholine rings is 1. The van der Waals surface area contributed by atoms with Gasteiger partial charge in [0.25, 0.3) is 5.91 Å². The Morgan fingerprint density at radius 2 is 1.49 bits per heavy atom. The van der Waals surface area contributed by atoms with Crippen LogP contribution in [0.2, 0.25) is 0 Å². The van der Waals surface area contributed by atoms with Crippen LogP contribution in [0.4, 0.5) is 4.39 Å². The minimum absolute atomic E-state index is 0.00524. The molecule has 47 heavy (non-hydrogen) atoms. The number of nitrogens with one attached hydrogen (secondary N) is 1. The second-order valence-corrected chi connectivity index (χ2v) is 12.7. The van der Waals surface area contributed by atoms with Gasteiger partial charge < -0.3 is 24.4 Å². The van der Waals surface area contributed by atoms with Crippen LogP contribution in [0.1, 0.15) is 22.7 Å². The van der Waals surface area contributed by atoms with Crippen LogP contribution < -0.4 is 14.8 Å². The number of rotatable bonds is 13. The van der Waals surface area contributed by atoms with Gasteiger partial charge in [-0.15, -0.1) is 0 Å². The number of carbonyl (C=O) groups is 2. The van der Waals surface area contributed by atoms with E-state index in [0.29, 0.717) is 30.1 Å². The van der Waals surface area contributed by atoms with Crippen LogP contribution in [0.25, 0.3) is 0 Å². The topological polar surface area (TPSA) is 114 Å². The summed E-state index contributed by atoms with van der Waals surface area (Å²) in [6.07, 6.45) is 0. The van der Waals surface area contributed by atoms with Crippen molar-refractivity contribution in [2.24, 2.45) is 0 Å². The predicted octanol–water partition coefficient (Wildman–Crippen LogP) is 4.32. The number of halogens is 1. The monoisotopic (exact) mass is 661 g/mol. The summed E-state index contributed by atoms with van der Waals surface area (Å²) >= 11 is 0. The third-order valence-corrected chi connectivity index (χ3v) is 9.59. The van der Waals surface area contributed by atoms with E-state index in [1.165, 1.54) is 45.6 Å². The van der Waals surface area contributed by atoms with Crippen LogP contribution in [0.15, 0.2) is 108 Å². The summed E-state index contributed by atoms with van der Waals surface area (Å²) in [5, 5.41) is 2.94. The van der Waals surface area contributed by atoms with Crippen molar-refractivity contribution < 1.29 is 36.6 Å². The Hall–Kier alpha value is -4.78. The van der Waals surface area contributed by atoms with Gasteiger partial charge in [0, 0.05) is 26.2 Å². The molecule has 10 nitrogen and oxygen atoms in total. The summed E-state index contributed by atoms with van der Waals surface area (Å²) in [6, 6.07) is 26.7. The molecule has 1 heterocycles. The average molecular weight is 662 g/mol. The highest BCUT2D eigenvalue weighted by Crippen LogP contribution is 2.26. The maximum Gasteiger partial charge on any atom is 0.261 e. The van der Waals surface area contributed by atoms with Gasteiger partial charge in [0.2, 0.25) is 15.9 Å². The van der Waals surface area contributed by atoms with Crippen molar-refractivity contribution >= 4 is 21.8 Å². The van der Waals surface area contributed by atoms with Crippen molar-refractivity contribution in [1.29, 1.82) is 0 Å². The third kappa shape index (κ3) is 8.73. The van der Waals surface area contributed by atoms with E-state index in [4.69, 9.17) is 14.2 Å². The Balaban J connectivity index is 1.36. The minimum Gasteiger partial charge on any atom is -0.497 e. The Labute approximate surface area is 273 Å². The number of carbonyl (C=O) groups excluding carboxylic acids is 2. The number of sulfonamides is 1. The fourth-order valence-electron chi connectivity index (χ4n) is 5.12. The molecule has 0 saturated carbocycles. The van der Waals surface area contributed by atoms with Crippen LogP contribution in [0, 0.1) is 5.82 Å². The molecule has 1 aliphatic heterocycles. The molecule has 12 heteroatoms. The van der Waals surface area contributed by atoms with Gasteiger partial charge in [-0.05, 0) is 65.2 Å². The van der Waals surface area contributed by atoms with Crippen molar-refractivity contribution in [2.45, 2.75) is 24.0 Å². The summed E-state index contributed by atoms with van der Waals surface area (Å²) in [4.78, 5) is 29.3. The molecule has 246 valence electrons. The molecule has 0 bridgehead atoms. The fourth-order valence-corrected chi connectivity index (χ4v) is 6.53. The van der Waals surface area contributed by atoms with Crippen molar-refractivity contribution in [3.05, 3.63) is 126 Å². The Kier molecular flexibility index (Phi) is 11.2. The molecule has 1 atom stereocenters. The smallest absolute Gasteiger partial charge is 0.261 e. The molecule has 5 rings (SSSR count). The molecule has 1 fully saturated rings. The number of hydrogen-bond donors (Lipinski definition) is 1. The van der Waals surface area contributed by atoms with E-state index in [1.807, 2.05) is 18.2 Å². The normalized spacial score (nSPS) is 14.2. The second kappa shape index (κ2) is 15.7. The lowest BCUT2D eigenvalue weighted by atomic mass is 10.0. The van der Waals surface area contributed by atoms with Crippen LogP contribution in [0.3, 0.4) is 0 Å². The van der Waals surface area contributed by atoms with E-state index in [1.54, 1.807) is 55.6 Å². The molecule has 0 unspecified atom stereocenters. The van der Waals surface area contributed by atoms with E-state index in [0.717, 1.165) is 5.56 Å². The first-order chi connectivity index (χ1) is 22.7. The summed E-state index contributed by atoms with van der Waals surface area (Å²) in [5.41, 5.74) is 2.03. The summed E-state index contributed by atoms with van der Waals surface area (Å²) in [5.74, 6) is -0.383. The van der Waals surface area contributed by atoms with Crippen LogP contribution in [-0.4, -0.2) is 69.5 Å². The van der Waals surface area contributed by atoms with Crippen molar-refractivity contribution in [1.82, 2.24) is 14.5 Å². The Morgan fingerprint density at radius 1 is 0.872 bits per heavy atom. The highest BCUT2D eigenvalue weighted by molar-refractivity contribution is 7.89. The molecule has 4 aromatic rings. The molecule has 1 saturated heterocycles. The zero-order valence-corrected chi connectivity index (χ0v) is 26.7. The maximum atomic E-state index is 13.9. The molecule has 1 N–H and O–H groups in total. The third-order valence-electron chi connectivity index (χ3n) is 7.68. The summed E-state index contributed by atoms with van der Waals surface area (Å²) < 4.78 is 57.4. The lowest BCUT2D eigenvalue weighted by Crippen LogP contribution is -2.45. The summed E-state index contributed by atoms with van der Waals surface area (Å²) in [7, 11) is -2.12. The Morgan fingerprint density at radius 3 is 2.13 bits per heavy atom. The molecule has 1 aliphatic rings. The quantitative estimate of drug-likeness (QED) is 0.227. The average Bonchev–Trinajstić information content (AvgIpc) is 3.11. The first-order valence-corrected chi connectivity index (χ1v) is 16.5. The molecule has 2 amide bonds. The predicted molar refractivity (Wildman–Crippen MR) is 172 cm³/mol. The van der Waals surface area contributed by atoms with Gasteiger partial charge in [-0.2, -0.15) is 4.31 Å². The van der Waals surface area contributed by atoms with Gasteiger partial charge in [0.15, 0.2) is 6.61 Å². The van der Waals surface area contributed by atoms with Crippen LogP contribution >= 0.6 is 0 Å². The van der Waals surface area contributed by atoms with Gasteiger partial charge in [-0.3, -0.25) is 9.59 Å². The van der Waals surface area contributed by atoms with Crippen molar-refractivity contribution in [3.63, 3.8) is 0 Å². The molecular weight excluding hydrogens is 625 g/mol. The number of hydrogen-bond acceptors (Lipinski definition) is 7. The lowest BCUT2D eigenvalue weighted by molar-refractivity contribution is -0.143. The van der Waals surface area contributed by atoms with Crippen LogP contribution in [0.5, 0.6) is 11.5 Å². The molecule has 0 aromatic heterocycles. The van der Waals surface area contributed by atoms with Crippen molar-refractivity contribution in [2.75, 3.05) is 40.0 Å². The highest BCUT2D eigenvalue weighted by Gasteiger charge is 2.32. The molecule has 0 aliphatic carbocycles. The maximum absolute atomic E-state index is 13.9. The van der Waals surface area contributed by atoms with E-state index < -0.39 is 40.3 Å². The summed E-state index contributed by atoms with van der Waals surface area (Å²) in [6.45, 7) is 0.979. The number of benzene rings is 4. The molecule has 4 aromatic carbocycles.